The molecule has 0 bridgehead atoms. The lowest BCUT2D eigenvalue weighted by molar-refractivity contribution is 0.0602. The van der Waals surface area contributed by atoms with E-state index in [1.807, 2.05) is 22.4 Å². The van der Waals surface area contributed by atoms with Gasteiger partial charge in [-0.1, -0.05) is 24.6 Å². The van der Waals surface area contributed by atoms with E-state index in [9.17, 15) is 9.59 Å². The van der Waals surface area contributed by atoms with Crippen molar-refractivity contribution in [1.29, 1.82) is 0 Å². The number of anilines is 1. The summed E-state index contributed by atoms with van der Waals surface area (Å²) in [7, 11) is 1.31. The predicted octanol–water partition coefficient (Wildman–Crippen LogP) is 4.71. The van der Waals surface area contributed by atoms with E-state index < -0.39 is 5.97 Å². The maximum Gasteiger partial charge on any atom is 0.339 e. The van der Waals surface area contributed by atoms with Crippen LogP contribution in [-0.4, -0.2) is 54.6 Å². The van der Waals surface area contributed by atoms with E-state index in [0.717, 1.165) is 37.4 Å². The predicted molar refractivity (Wildman–Crippen MR) is 117 cm³/mol. The van der Waals surface area contributed by atoms with Gasteiger partial charge in [0.25, 0.3) is 0 Å². The summed E-state index contributed by atoms with van der Waals surface area (Å²) in [5.74, 6) is -0.516. The van der Waals surface area contributed by atoms with Crippen LogP contribution in [0.1, 0.15) is 35.0 Å². The number of ether oxygens (including phenoxy) is 1. The van der Waals surface area contributed by atoms with Crippen LogP contribution < -0.4 is 5.32 Å². The third kappa shape index (κ3) is 5.50. The Labute approximate surface area is 180 Å². The van der Waals surface area contributed by atoms with Crippen molar-refractivity contribution in [1.82, 2.24) is 9.80 Å². The van der Waals surface area contributed by atoms with E-state index in [0.29, 0.717) is 17.3 Å². The number of hydrogen-bond acceptors (Lipinski definition) is 5. The number of carbonyl (C=O) groups is 2. The topological polar surface area (TPSA) is 61.9 Å². The molecule has 1 aliphatic rings. The number of urea groups is 1. The number of likely N-dealkylation sites (tertiary alicyclic amines) is 1. The lowest BCUT2D eigenvalue weighted by Crippen LogP contribution is -2.48. The molecule has 0 radical (unpaired) electrons. The Morgan fingerprint density at radius 3 is 2.69 bits per heavy atom. The van der Waals surface area contributed by atoms with Gasteiger partial charge in [-0.2, -0.15) is 0 Å². The number of nitrogens with zero attached hydrogens (tertiary/aromatic N) is 2. The van der Waals surface area contributed by atoms with Gasteiger partial charge < -0.3 is 19.9 Å². The monoisotopic (exact) mass is 435 g/mol. The molecule has 0 aliphatic carbocycles. The molecule has 0 unspecified atom stereocenters. The normalized spacial score (nSPS) is 15.1. The molecule has 2 heterocycles. The number of esters is 1. The second-order valence-corrected chi connectivity index (χ2v) is 8.45. The van der Waals surface area contributed by atoms with E-state index in [2.05, 4.69) is 17.1 Å². The molecule has 0 saturated carbocycles. The summed E-state index contributed by atoms with van der Waals surface area (Å²) in [6, 6.07) is 8.67. The molecule has 1 aromatic heterocycles. The third-order valence-electron chi connectivity index (χ3n) is 5.24. The van der Waals surface area contributed by atoms with Crippen LogP contribution in [0.5, 0.6) is 0 Å². The molecule has 2 aromatic rings. The van der Waals surface area contributed by atoms with E-state index >= 15 is 0 Å². The number of benzene rings is 1. The van der Waals surface area contributed by atoms with Gasteiger partial charge in [0.2, 0.25) is 0 Å². The fraction of sp³-hybridized carbons (Fsp3) is 0.429. The quantitative estimate of drug-likeness (QED) is 0.667. The van der Waals surface area contributed by atoms with Crippen LogP contribution in [0.25, 0.3) is 0 Å². The Kier molecular flexibility index (Phi) is 7.52. The van der Waals surface area contributed by atoms with Gasteiger partial charge in [0.15, 0.2) is 0 Å². The van der Waals surface area contributed by atoms with E-state index in [1.54, 1.807) is 29.5 Å². The van der Waals surface area contributed by atoms with Gasteiger partial charge in [-0.15, -0.1) is 11.3 Å². The first kappa shape index (κ1) is 21.6. The van der Waals surface area contributed by atoms with E-state index in [1.165, 1.54) is 7.11 Å². The molecular weight excluding hydrogens is 410 g/mol. The molecule has 2 amide bonds. The SMILES string of the molecule is CCN1CCC(N(Cc2cccs2)C(=O)Nc2cc(Cl)ccc2C(=O)OC)CC1. The lowest BCUT2D eigenvalue weighted by Gasteiger charge is -2.38. The number of rotatable bonds is 6. The molecular formula is C21H26ClN3O3S. The van der Waals surface area contributed by atoms with Crippen molar-refractivity contribution in [2.75, 3.05) is 32.1 Å². The molecule has 0 spiro atoms. The number of piperidine rings is 1. The van der Waals surface area contributed by atoms with Crippen molar-refractivity contribution in [3.63, 3.8) is 0 Å². The van der Waals surface area contributed by atoms with Crippen molar-refractivity contribution in [3.05, 3.63) is 51.2 Å². The molecule has 6 nitrogen and oxygen atoms in total. The molecule has 1 fully saturated rings. The van der Waals surface area contributed by atoms with Crippen LogP contribution in [0.3, 0.4) is 0 Å². The second kappa shape index (κ2) is 10.1. The molecule has 1 aromatic carbocycles. The van der Waals surface area contributed by atoms with E-state index in [4.69, 9.17) is 16.3 Å². The van der Waals surface area contributed by atoms with E-state index in [-0.39, 0.29) is 17.6 Å². The van der Waals surface area contributed by atoms with Crippen LogP contribution in [0.15, 0.2) is 35.7 Å². The first-order valence-corrected chi connectivity index (χ1v) is 11.0. The van der Waals surface area contributed by atoms with Crippen molar-refractivity contribution in [2.24, 2.45) is 0 Å². The highest BCUT2D eigenvalue weighted by atomic mass is 35.5. The van der Waals surface area contributed by atoms with Crippen LogP contribution in [-0.2, 0) is 11.3 Å². The maximum atomic E-state index is 13.3. The van der Waals surface area contributed by atoms with Gasteiger partial charge in [-0.3, -0.25) is 0 Å². The van der Waals surface area contributed by atoms with Crippen LogP contribution in [0.4, 0.5) is 10.5 Å². The summed E-state index contributed by atoms with van der Waals surface area (Å²) >= 11 is 7.73. The highest BCUT2D eigenvalue weighted by molar-refractivity contribution is 7.09. The number of halogens is 1. The minimum absolute atomic E-state index is 0.140. The van der Waals surface area contributed by atoms with Gasteiger partial charge in [-0.25, -0.2) is 9.59 Å². The minimum Gasteiger partial charge on any atom is -0.465 e. The average molecular weight is 436 g/mol. The molecule has 156 valence electrons. The van der Waals surface area contributed by atoms with Gasteiger partial charge in [0, 0.05) is 29.0 Å². The molecule has 29 heavy (non-hydrogen) atoms. The zero-order chi connectivity index (χ0) is 20.8. The zero-order valence-electron chi connectivity index (χ0n) is 16.7. The molecule has 1 aliphatic heterocycles. The number of carbonyl (C=O) groups excluding carboxylic acids is 2. The van der Waals surface area contributed by atoms with Crippen molar-refractivity contribution in [3.8, 4) is 0 Å². The minimum atomic E-state index is -0.516. The Hall–Kier alpha value is -2.09. The fourth-order valence-corrected chi connectivity index (χ4v) is 4.45. The van der Waals surface area contributed by atoms with Gasteiger partial charge in [0.1, 0.15) is 0 Å². The van der Waals surface area contributed by atoms with Crippen molar-refractivity contribution < 1.29 is 14.3 Å². The summed E-state index contributed by atoms with van der Waals surface area (Å²) in [5, 5.41) is 5.34. The summed E-state index contributed by atoms with van der Waals surface area (Å²) < 4.78 is 4.83. The second-order valence-electron chi connectivity index (χ2n) is 6.98. The Morgan fingerprint density at radius 1 is 1.31 bits per heavy atom. The first-order chi connectivity index (χ1) is 14.0. The summed E-state index contributed by atoms with van der Waals surface area (Å²) in [4.78, 5) is 30.8. The maximum absolute atomic E-state index is 13.3. The summed E-state index contributed by atoms with van der Waals surface area (Å²) in [6.45, 7) is 5.66. The summed E-state index contributed by atoms with van der Waals surface area (Å²) in [6.07, 6.45) is 1.85. The highest BCUT2D eigenvalue weighted by Gasteiger charge is 2.29. The smallest absolute Gasteiger partial charge is 0.339 e. The zero-order valence-corrected chi connectivity index (χ0v) is 18.3. The Bertz CT molecular complexity index is 836. The fourth-order valence-electron chi connectivity index (χ4n) is 3.58. The number of nitrogens with one attached hydrogen (secondary N) is 1. The van der Waals surface area contributed by atoms with Crippen LogP contribution in [0, 0.1) is 0 Å². The lowest BCUT2D eigenvalue weighted by atomic mass is 10.0. The summed E-state index contributed by atoms with van der Waals surface area (Å²) in [5.41, 5.74) is 0.638. The molecule has 0 atom stereocenters. The number of amides is 2. The Morgan fingerprint density at radius 2 is 2.07 bits per heavy atom. The highest BCUT2D eigenvalue weighted by Crippen LogP contribution is 2.25. The van der Waals surface area contributed by atoms with Crippen molar-refractivity contribution in [2.45, 2.75) is 32.4 Å². The van der Waals surface area contributed by atoms with Crippen molar-refractivity contribution >= 4 is 40.6 Å². The van der Waals surface area contributed by atoms with Crippen LogP contribution in [0.2, 0.25) is 5.02 Å². The average Bonchev–Trinajstić information content (AvgIpc) is 3.25. The molecule has 1 saturated heterocycles. The standard InChI is InChI=1S/C21H26ClN3O3S/c1-3-24-10-8-16(9-11-24)25(14-17-5-4-12-29-17)21(27)23-19-13-15(22)6-7-18(19)20(26)28-2/h4-7,12-13,16H,3,8-11,14H2,1-2H3,(H,23,27). The van der Waals surface area contributed by atoms with Gasteiger partial charge in [0.05, 0.1) is 24.9 Å². The van der Waals surface area contributed by atoms with Gasteiger partial charge >= 0.3 is 12.0 Å². The molecule has 3 rings (SSSR count). The largest absolute Gasteiger partial charge is 0.465 e. The number of methoxy groups -OCH3 is 1. The van der Waals surface area contributed by atoms with Crippen LogP contribution >= 0.6 is 22.9 Å². The third-order valence-corrected chi connectivity index (χ3v) is 6.34. The molecule has 1 N–H and O–H groups in total. The van der Waals surface area contributed by atoms with Gasteiger partial charge in [-0.05, 0) is 49.0 Å². The number of thiophene rings is 1. The number of hydrogen-bond donors (Lipinski definition) is 1. The Balaban J connectivity index is 1.81. The molecule has 8 heteroatoms. The first-order valence-electron chi connectivity index (χ1n) is 9.72.